The van der Waals surface area contributed by atoms with Gasteiger partial charge in [0.05, 0.1) is 0 Å². The SMILES string of the molecule is Cc1cc(N)cc(C(=O)C(C)C)c1CN. The smallest absolute Gasteiger partial charge is 0.165 e. The minimum atomic E-state index is -0.0310. The van der Waals surface area contributed by atoms with Crippen LogP contribution in [0.1, 0.15) is 35.3 Å². The number of nitrogens with two attached hydrogens (primary N) is 2. The van der Waals surface area contributed by atoms with Crippen molar-refractivity contribution in [2.75, 3.05) is 5.73 Å². The Morgan fingerprint density at radius 2 is 2.00 bits per heavy atom. The van der Waals surface area contributed by atoms with Gasteiger partial charge in [-0.05, 0) is 30.2 Å². The number of Topliss-reactive ketones (excluding diaryl/α,β-unsaturated/α-hetero) is 1. The maximum Gasteiger partial charge on any atom is 0.165 e. The molecule has 0 unspecified atom stereocenters. The van der Waals surface area contributed by atoms with Crippen LogP contribution >= 0.6 is 0 Å². The predicted octanol–water partition coefficient (Wildman–Crippen LogP) is 1.87. The molecule has 15 heavy (non-hydrogen) atoms. The Labute approximate surface area is 90.5 Å². The highest BCUT2D eigenvalue weighted by Gasteiger charge is 2.16. The summed E-state index contributed by atoms with van der Waals surface area (Å²) in [6.07, 6.45) is 0. The summed E-state index contributed by atoms with van der Waals surface area (Å²) in [4.78, 5) is 11.9. The summed E-state index contributed by atoms with van der Waals surface area (Å²) in [5, 5.41) is 0. The summed E-state index contributed by atoms with van der Waals surface area (Å²) >= 11 is 0. The van der Waals surface area contributed by atoms with Crippen LogP contribution < -0.4 is 11.5 Å². The molecule has 0 spiro atoms. The molecule has 0 aliphatic carbocycles. The van der Waals surface area contributed by atoms with Gasteiger partial charge in [-0.15, -0.1) is 0 Å². The van der Waals surface area contributed by atoms with E-state index in [0.717, 1.165) is 11.1 Å². The second-order valence-electron chi connectivity index (χ2n) is 4.09. The molecule has 1 aromatic rings. The number of hydrogen-bond acceptors (Lipinski definition) is 3. The minimum absolute atomic E-state index is 0.0310. The Hall–Kier alpha value is -1.35. The number of hydrogen-bond donors (Lipinski definition) is 2. The largest absolute Gasteiger partial charge is 0.399 e. The summed E-state index contributed by atoms with van der Waals surface area (Å²) in [5.41, 5.74) is 14.6. The lowest BCUT2D eigenvalue weighted by atomic mass is 9.93. The lowest BCUT2D eigenvalue weighted by molar-refractivity contribution is 0.0938. The maximum absolute atomic E-state index is 11.9. The minimum Gasteiger partial charge on any atom is -0.399 e. The van der Waals surface area contributed by atoms with Crippen molar-refractivity contribution in [3.8, 4) is 0 Å². The van der Waals surface area contributed by atoms with Gasteiger partial charge in [-0.2, -0.15) is 0 Å². The standard InChI is InChI=1S/C12H18N2O/c1-7(2)12(15)10-5-9(14)4-8(3)11(10)6-13/h4-5,7H,6,13-14H2,1-3H3. The van der Waals surface area contributed by atoms with Crippen molar-refractivity contribution < 1.29 is 4.79 Å². The normalized spacial score (nSPS) is 10.7. The number of carbonyl (C=O) groups is 1. The Balaban J connectivity index is 3.32. The Kier molecular flexibility index (Phi) is 3.48. The lowest BCUT2D eigenvalue weighted by Gasteiger charge is -2.13. The van der Waals surface area contributed by atoms with Crippen LogP contribution in [-0.4, -0.2) is 5.78 Å². The van der Waals surface area contributed by atoms with E-state index in [1.54, 1.807) is 6.07 Å². The fourth-order valence-electron chi connectivity index (χ4n) is 1.65. The van der Waals surface area contributed by atoms with Crippen LogP contribution in [-0.2, 0) is 6.54 Å². The van der Waals surface area contributed by atoms with Crippen LogP contribution in [0.3, 0.4) is 0 Å². The first-order valence-corrected chi connectivity index (χ1v) is 5.10. The molecular formula is C12H18N2O. The molecule has 0 atom stereocenters. The summed E-state index contributed by atoms with van der Waals surface area (Å²) in [6.45, 7) is 6.05. The van der Waals surface area contributed by atoms with Gasteiger partial charge in [0.15, 0.2) is 5.78 Å². The zero-order valence-corrected chi connectivity index (χ0v) is 9.50. The molecular weight excluding hydrogens is 188 g/mol. The molecule has 0 fully saturated rings. The van der Waals surface area contributed by atoms with Crippen molar-refractivity contribution >= 4 is 11.5 Å². The van der Waals surface area contributed by atoms with E-state index in [1.165, 1.54) is 0 Å². The van der Waals surface area contributed by atoms with Crippen molar-refractivity contribution in [2.45, 2.75) is 27.3 Å². The van der Waals surface area contributed by atoms with Crippen molar-refractivity contribution in [2.24, 2.45) is 11.7 Å². The highest BCUT2D eigenvalue weighted by atomic mass is 16.1. The van der Waals surface area contributed by atoms with E-state index in [-0.39, 0.29) is 11.7 Å². The maximum atomic E-state index is 11.9. The predicted molar refractivity (Wildman–Crippen MR) is 62.7 cm³/mol. The van der Waals surface area contributed by atoms with E-state index in [1.807, 2.05) is 26.8 Å². The number of aryl methyl sites for hydroxylation is 1. The first-order valence-electron chi connectivity index (χ1n) is 5.10. The number of anilines is 1. The molecule has 3 heteroatoms. The van der Waals surface area contributed by atoms with Gasteiger partial charge in [0.25, 0.3) is 0 Å². The first kappa shape index (κ1) is 11.7. The number of nitrogen functional groups attached to an aromatic ring is 1. The topological polar surface area (TPSA) is 69.1 Å². The average Bonchev–Trinajstić information content (AvgIpc) is 2.15. The molecule has 0 saturated heterocycles. The van der Waals surface area contributed by atoms with Gasteiger partial charge in [-0.3, -0.25) is 4.79 Å². The van der Waals surface area contributed by atoms with Crippen LogP contribution in [0.25, 0.3) is 0 Å². The van der Waals surface area contributed by atoms with Crippen LogP contribution in [0.2, 0.25) is 0 Å². The molecule has 0 amide bonds. The van der Waals surface area contributed by atoms with Gasteiger partial charge in [-0.1, -0.05) is 13.8 Å². The van der Waals surface area contributed by atoms with Gasteiger partial charge in [-0.25, -0.2) is 0 Å². The molecule has 0 saturated carbocycles. The first-order chi connectivity index (χ1) is 6.97. The molecule has 82 valence electrons. The lowest BCUT2D eigenvalue weighted by Crippen LogP contribution is -2.14. The van der Waals surface area contributed by atoms with E-state index >= 15 is 0 Å². The van der Waals surface area contributed by atoms with Gasteiger partial charge in [0.2, 0.25) is 0 Å². The zero-order chi connectivity index (χ0) is 11.6. The number of benzene rings is 1. The third-order valence-electron chi connectivity index (χ3n) is 2.49. The Morgan fingerprint density at radius 1 is 1.40 bits per heavy atom. The third-order valence-corrected chi connectivity index (χ3v) is 2.49. The van der Waals surface area contributed by atoms with Crippen molar-refractivity contribution in [3.63, 3.8) is 0 Å². The Morgan fingerprint density at radius 3 is 2.47 bits per heavy atom. The molecule has 1 aromatic carbocycles. The third kappa shape index (κ3) is 2.36. The second kappa shape index (κ2) is 4.45. The summed E-state index contributed by atoms with van der Waals surface area (Å²) < 4.78 is 0. The van der Waals surface area contributed by atoms with Gasteiger partial charge in [0.1, 0.15) is 0 Å². The van der Waals surface area contributed by atoms with E-state index in [9.17, 15) is 4.79 Å². The average molecular weight is 206 g/mol. The van der Waals surface area contributed by atoms with Crippen LogP contribution in [0.4, 0.5) is 5.69 Å². The molecule has 0 aliphatic rings. The molecule has 0 bridgehead atoms. The van der Waals surface area contributed by atoms with E-state index in [0.29, 0.717) is 17.8 Å². The second-order valence-corrected chi connectivity index (χ2v) is 4.09. The highest BCUT2D eigenvalue weighted by molar-refractivity contribution is 5.99. The monoisotopic (exact) mass is 206 g/mol. The molecule has 4 N–H and O–H groups in total. The summed E-state index contributed by atoms with van der Waals surface area (Å²) in [7, 11) is 0. The molecule has 0 radical (unpaired) electrons. The highest BCUT2D eigenvalue weighted by Crippen LogP contribution is 2.21. The number of rotatable bonds is 3. The van der Waals surface area contributed by atoms with Crippen molar-refractivity contribution in [1.82, 2.24) is 0 Å². The van der Waals surface area contributed by atoms with Gasteiger partial charge in [0, 0.05) is 23.7 Å². The Bertz CT molecular complexity index is 383. The van der Waals surface area contributed by atoms with Crippen LogP contribution in [0.15, 0.2) is 12.1 Å². The van der Waals surface area contributed by atoms with Gasteiger partial charge < -0.3 is 11.5 Å². The van der Waals surface area contributed by atoms with Crippen molar-refractivity contribution in [3.05, 3.63) is 28.8 Å². The summed E-state index contributed by atoms with van der Waals surface area (Å²) in [6, 6.07) is 3.57. The van der Waals surface area contributed by atoms with E-state index in [4.69, 9.17) is 11.5 Å². The molecule has 0 heterocycles. The number of carbonyl (C=O) groups excluding carboxylic acids is 1. The number of ketones is 1. The van der Waals surface area contributed by atoms with Crippen LogP contribution in [0.5, 0.6) is 0 Å². The van der Waals surface area contributed by atoms with E-state index < -0.39 is 0 Å². The quantitative estimate of drug-likeness (QED) is 0.586. The fourth-order valence-corrected chi connectivity index (χ4v) is 1.65. The van der Waals surface area contributed by atoms with E-state index in [2.05, 4.69) is 0 Å². The molecule has 0 aromatic heterocycles. The molecule has 0 aliphatic heterocycles. The zero-order valence-electron chi connectivity index (χ0n) is 9.50. The van der Waals surface area contributed by atoms with Crippen LogP contribution in [0, 0.1) is 12.8 Å². The molecule has 1 rings (SSSR count). The molecule has 3 nitrogen and oxygen atoms in total. The van der Waals surface area contributed by atoms with Gasteiger partial charge >= 0.3 is 0 Å². The van der Waals surface area contributed by atoms with Crippen molar-refractivity contribution in [1.29, 1.82) is 0 Å². The summed E-state index contributed by atoms with van der Waals surface area (Å²) in [5.74, 6) is 0.0716. The fraction of sp³-hybridized carbons (Fsp3) is 0.417.